The Labute approximate surface area is 186 Å². The molecule has 2 heterocycles. The lowest BCUT2D eigenvalue weighted by Gasteiger charge is -2.17. The molecule has 0 aliphatic carbocycles. The molecule has 1 aliphatic rings. The first-order valence-electron chi connectivity index (χ1n) is 10.3. The van der Waals surface area contributed by atoms with Gasteiger partial charge < -0.3 is 19.7 Å². The average Bonchev–Trinajstić information content (AvgIpc) is 3.16. The third-order valence-electron chi connectivity index (χ3n) is 5.17. The third-order valence-corrected chi connectivity index (χ3v) is 5.17. The summed E-state index contributed by atoms with van der Waals surface area (Å²) in [5.41, 5.74) is 3.03. The summed E-state index contributed by atoms with van der Waals surface area (Å²) >= 11 is 0. The molecule has 2 aromatic carbocycles. The number of amides is 2. The first-order valence-corrected chi connectivity index (χ1v) is 10.3. The number of carbonyl (C=O) groups excluding carboxylic acids is 2. The molecule has 1 fully saturated rings. The molecule has 1 saturated heterocycles. The molecule has 164 valence electrons. The summed E-state index contributed by atoms with van der Waals surface area (Å²) in [6.07, 6.45) is 0.170. The van der Waals surface area contributed by atoms with E-state index in [0.717, 1.165) is 17.1 Å². The molecule has 0 radical (unpaired) electrons. The third kappa shape index (κ3) is 4.85. The van der Waals surface area contributed by atoms with E-state index in [1.165, 1.54) is 0 Å². The number of hydrogen-bond donors (Lipinski definition) is 1. The Bertz CT molecular complexity index is 1110. The van der Waals surface area contributed by atoms with Crippen LogP contribution in [0.1, 0.15) is 17.8 Å². The van der Waals surface area contributed by atoms with Crippen LogP contribution in [0.2, 0.25) is 0 Å². The highest BCUT2D eigenvalue weighted by Gasteiger charge is 2.35. The topological polar surface area (TPSA) is 93.7 Å². The van der Waals surface area contributed by atoms with Gasteiger partial charge in [0.15, 0.2) is 0 Å². The minimum Gasteiger partial charge on any atom is -0.497 e. The average molecular weight is 432 g/mol. The lowest BCUT2D eigenvalue weighted by atomic mass is 10.1. The molecule has 1 aliphatic heterocycles. The van der Waals surface area contributed by atoms with Gasteiger partial charge in [0.05, 0.1) is 13.0 Å². The summed E-state index contributed by atoms with van der Waals surface area (Å²) in [6.45, 7) is 4.09. The molecule has 32 heavy (non-hydrogen) atoms. The maximum Gasteiger partial charge on any atom is 0.322 e. The van der Waals surface area contributed by atoms with Gasteiger partial charge in [-0.25, -0.2) is 9.97 Å². The van der Waals surface area contributed by atoms with Gasteiger partial charge in [0.25, 0.3) is 0 Å². The van der Waals surface area contributed by atoms with Crippen molar-refractivity contribution in [2.75, 3.05) is 23.9 Å². The Hall–Kier alpha value is -3.94. The summed E-state index contributed by atoms with van der Waals surface area (Å²) < 4.78 is 10.9. The number of aromatic nitrogens is 2. The Kier molecular flexibility index (Phi) is 6.02. The molecular formula is C24H24N4O4. The molecule has 3 aromatic rings. The number of ether oxygens (including phenoxy) is 2. The zero-order valence-corrected chi connectivity index (χ0v) is 18.2. The fraction of sp³-hybridized carbons (Fsp3) is 0.250. The van der Waals surface area contributed by atoms with Crippen molar-refractivity contribution in [3.05, 3.63) is 66.0 Å². The second kappa shape index (κ2) is 9.05. The Morgan fingerprint density at radius 2 is 1.62 bits per heavy atom. The number of carbonyl (C=O) groups is 2. The van der Waals surface area contributed by atoms with Gasteiger partial charge in [0.1, 0.15) is 11.5 Å². The molecular weight excluding hydrogens is 408 g/mol. The number of hydrogen-bond acceptors (Lipinski definition) is 6. The standard InChI is InChI=1S/C24H24N4O4/c1-15-12-16(2)26-24(25-15)32-21-8-4-18(5-9-21)27-23(30)17-13-22(29)28(14-17)19-6-10-20(31-3)11-7-19/h4-12,17H,13-14H2,1-3H3,(H,27,30). The molecule has 8 heteroatoms. The van der Waals surface area contributed by atoms with Crippen LogP contribution in [0.3, 0.4) is 0 Å². The Balaban J connectivity index is 1.36. The Morgan fingerprint density at radius 1 is 1.00 bits per heavy atom. The highest BCUT2D eigenvalue weighted by atomic mass is 16.5. The highest BCUT2D eigenvalue weighted by molar-refractivity contribution is 6.03. The molecule has 8 nitrogen and oxygen atoms in total. The number of methoxy groups -OCH3 is 1. The van der Waals surface area contributed by atoms with Crippen LogP contribution in [0.5, 0.6) is 17.5 Å². The summed E-state index contributed by atoms with van der Waals surface area (Å²) in [6, 6.07) is 16.3. The van der Waals surface area contributed by atoms with Crippen molar-refractivity contribution in [3.63, 3.8) is 0 Å². The van der Waals surface area contributed by atoms with E-state index in [4.69, 9.17) is 9.47 Å². The van der Waals surface area contributed by atoms with Crippen molar-refractivity contribution in [2.45, 2.75) is 20.3 Å². The first-order chi connectivity index (χ1) is 15.4. The second-order valence-electron chi connectivity index (χ2n) is 7.65. The van der Waals surface area contributed by atoms with Gasteiger partial charge in [0.2, 0.25) is 11.8 Å². The zero-order chi connectivity index (χ0) is 22.7. The van der Waals surface area contributed by atoms with Gasteiger partial charge in [-0.3, -0.25) is 9.59 Å². The van der Waals surface area contributed by atoms with Crippen molar-refractivity contribution in [1.82, 2.24) is 9.97 Å². The Morgan fingerprint density at radius 3 is 2.25 bits per heavy atom. The molecule has 0 bridgehead atoms. The number of rotatable bonds is 6. The zero-order valence-electron chi connectivity index (χ0n) is 18.2. The smallest absolute Gasteiger partial charge is 0.322 e. The van der Waals surface area contributed by atoms with Gasteiger partial charge in [-0.1, -0.05) is 0 Å². The van der Waals surface area contributed by atoms with Crippen LogP contribution < -0.4 is 19.7 Å². The van der Waals surface area contributed by atoms with E-state index in [9.17, 15) is 9.59 Å². The molecule has 1 aromatic heterocycles. The maximum absolute atomic E-state index is 12.7. The van der Waals surface area contributed by atoms with E-state index in [1.807, 2.05) is 32.0 Å². The predicted octanol–water partition coefficient (Wildman–Crippen LogP) is 3.89. The van der Waals surface area contributed by atoms with E-state index in [1.54, 1.807) is 48.4 Å². The predicted molar refractivity (Wildman–Crippen MR) is 120 cm³/mol. The number of nitrogens with zero attached hydrogens (tertiary/aromatic N) is 3. The minimum atomic E-state index is -0.427. The highest BCUT2D eigenvalue weighted by Crippen LogP contribution is 2.28. The molecule has 1 N–H and O–H groups in total. The van der Waals surface area contributed by atoms with Crippen LogP contribution in [-0.2, 0) is 9.59 Å². The number of aryl methyl sites for hydroxylation is 2. The molecule has 0 spiro atoms. The van der Waals surface area contributed by atoms with Gasteiger partial charge in [0, 0.05) is 35.7 Å². The van der Waals surface area contributed by atoms with Crippen LogP contribution in [0.15, 0.2) is 54.6 Å². The lowest BCUT2D eigenvalue weighted by Crippen LogP contribution is -2.28. The van der Waals surface area contributed by atoms with E-state index in [-0.39, 0.29) is 24.2 Å². The lowest BCUT2D eigenvalue weighted by molar-refractivity contribution is -0.122. The van der Waals surface area contributed by atoms with E-state index in [2.05, 4.69) is 15.3 Å². The van der Waals surface area contributed by atoms with Gasteiger partial charge >= 0.3 is 6.01 Å². The summed E-state index contributed by atoms with van der Waals surface area (Å²) in [7, 11) is 1.59. The first kappa shape index (κ1) is 21.3. The monoisotopic (exact) mass is 432 g/mol. The van der Waals surface area contributed by atoms with E-state index in [0.29, 0.717) is 23.7 Å². The number of benzene rings is 2. The molecule has 0 saturated carbocycles. The van der Waals surface area contributed by atoms with Crippen molar-refractivity contribution in [1.29, 1.82) is 0 Å². The number of anilines is 2. The van der Waals surface area contributed by atoms with Crippen LogP contribution >= 0.6 is 0 Å². The summed E-state index contributed by atoms with van der Waals surface area (Å²) in [4.78, 5) is 35.3. The van der Waals surface area contributed by atoms with Crippen LogP contribution in [0.25, 0.3) is 0 Å². The largest absolute Gasteiger partial charge is 0.497 e. The maximum atomic E-state index is 12.7. The molecule has 1 unspecified atom stereocenters. The van der Waals surface area contributed by atoms with Crippen molar-refractivity contribution >= 4 is 23.2 Å². The molecule has 2 amide bonds. The molecule has 1 atom stereocenters. The van der Waals surface area contributed by atoms with Gasteiger partial charge in [-0.05, 0) is 68.4 Å². The number of nitrogens with one attached hydrogen (secondary N) is 1. The fourth-order valence-electron chi connectivity index (χ4n) is 3.59. The molecule has 4 rings (SSSR count). The normalized spacial score (nSPS) is 15.5. The van der Waals surface area contributed by atoms with E-state index < -0.39 is 5.92 Å². The van der Waals surface area contributed by atoms with Crippen LogP contribution in [0.4, 0.5) is 11.4 Å². The van der Waals surface area contributed by atoms with E-state index >= 15 is 0 Å². The summed E-state index contributed by atoms with van der Waals surface area (Å²) in [5.74, 6) is 0.582. The van der Waals surface area contributed by atoms with Gasteiger partial charge in [-0.15, -0.1) is 0 Å². The fourth-order valence-corrected chi connectivity index (χ4v) is 3.59. The SMILES string of the molecule is COc1ccc(N2CC(C(=O)Nc3ccc(Oc4nc(C)cc(C)n4)cc3)CC2=O)cc1. The summed E-state index contributed by atoms with van der Waals surface area (Å²) in [5, 5.41) is 2.88. The quantitative estimate of drug-likeness (QED) is 0.635. The van der Waals surface area contributed by atoms with Crippen LogP contribution in [0, 0.1) is 19.8 Å². The van der Waals surface area contributed by atoms with Crippen molar-refractivity contribution < 1.29 is 19.1 Å². The minimum absolute atomic E-state index is 0.0764. The van der Waals surface area contributed by atoms with Crippen molar-refractivity contribution in [2.24, 2.45) is 5.92 Å². The second-order valence-corrected chi connectivity index (χ2v) is 7.65. The van der Waals surface area contributed by atoms with Crippen molar-refractivity contribution in [3.8, 4) is 17.5 Å². The van der Waals surface area contributed by atoms with Crippen LogP contribution in [-0.4, -0.2) is 35.4 Å². The van der Waals surface area contributed by atoms with Gasteiger partial charge in [-0.2, -0.15) is 0 Å².